The predicted octanol–water partition coefficient (Wildman–Crippen LogP) is 3.41. The molecule has 1 atom stereocenters. The quantitative estimate of drug-likeness (QED) is 0.738. The number of anilines is 2. The van der Waals surface area contributed by atoms with Gasteiger partial charge in [0.1, 0.15) is 0 Å². The van der Waals surface area contributed by atoms with Gasteiger partial charge in [-0.15, -0.1) is 0 Å². The van der Waals surface area contributed by atoms with Crippen LogP contribution in [0.15, 0.2) is 36.7 Å². The molecule has 0 saturated heterocycles. The number of aromatic nitrogens is 2. The highest BCUT2D eigenvalue weighted by Crippen LogP contribution is 2.33. The molecule has 2 aromatic rings. The van der Waals surface area contributed by atoms with Crippen molar-refractivity contribution in [2.24, 2.45) is 5.92 Å². The second kappa shape index (κ2) is 4.84. The van der Waals surface area contributed by atoms with E-state index in [0.29, 0.717) is 5.92 Å². The summed E-state index contributed by atoms with van der Waals surface area (Å²) in [4.78, 5) is 11.1. The predicted molar refractivity (Wildman–Crippen MR) is 81.1 cm³/mol. The fourth-order valence-electron chi connectivity index (χ4n) is 2.43. The molecule has 1 aliphatic heterocycles. The third-order valence-corrected chi connectivity index (χ3v) is 3.75. The van der Waals surface area contributed by atoms with Crippen LogP contribution in [0.4, 0.5) is 11.6 Å². The van der Waals surface area contributed by atoms with Gasteiger partial charge in [0.2, 0.25) is 5.95 Å². The van der Waals surface area contributed by atoms with Crippen LogP contribution < -0.4 is 4.90 Å². The fourth-order valence-corrected chi connectivity index (χ4v) is 2.71. The first-order valence-electron chi connectivity index (χ1n) is 6.07. The van der Waals surface area contributed by atoms with Gasteiger partial charge in [0.25, 0.3) is 0 Å². The third-order valence-electron chi connectivity index (χ3n) is 3.19. The summed E-state index contributed by atoms with van der Waals surface area (Å²) in [6.45, 7) is 3.26. The van der Waals surface area contributed by atoms with Gasteiger partial charge in [0.15, 0.2) is 0 Å². The Morgan fingerprint density at radius 1 is 1.22 bits per heavy atom. The first-order chi connectivity index (χ1) is 8.74. The van der Waals surface area contributed by atoms with E-state index in [2.05, 4.69) is 68.6 Å². The molecule has 3 rings (SSSR count). The molecule has 0 amide bonds. The number of fused-ring (bicyclic) bond motifs is 1. The van der Waals surface area contributed by atoms with Crippen LogP contribution in [0.2, 0.25) is 0 Å². The Bertz CT molecular complexity index is 553. The Kier molecular flexibility index (Phi) is 3.20. The molecular weight excluding hydrogens is 337 g/mol. The summed E-state index contributed by atoms with van der Waals surface area (Å²) in [5.41, 5.74) is 2.63. The Morgan fingerprint density at radius 2 is 1.94 bits per heavy atom. The van der Waals surface area contributed by atoms with Crippen molar-refractivity contribution in [2.45, 2.75) is 13.3 Å². The number of para-hydroxylation sites is 1. The standard InChI is InChI=1S/C14H14IN3/c1-10-6-11-4-2-3-5-13(11)18(9-10)14-16-7-12(15)8-17-14/h2-5,7-8,10H,6,9H2,1H3. The first kappa shape index (κ1) is 11.9. The highest BCUT2D eigenvalue weighted by molar-refractivity contribution is 14.1. The van der Waals surface area contributed by atoms with Gasteiger partial charge in [-0.25, -0.2) is 9.97 Å². The molecular formula is C14H14IN3. The maximum atomic E-state index is 4.44. The van der Waals surface area contributed by atoms with Crippen LogP contribution in [0.25, 0.3) is 0 Å². The van der Waals surface area contributed by atoms with Crippen LogP contribution in [0.1, 0.15) is 12.5 Å². The monoisotopic (exact) mass is 351 g/mol. The van der Waals surface area contributed by atoms with Crippen LogP contribution >= 0.6 is 22.6 Å². The average Bonchev–Trinajstić information content (AvgIpc) is 2.38. The Labute approximate surface area is 120 Å². The van der Waals surface area contributed by atoms with E-state index in [1.165, 1.54) is 11.3 Å². The van der Waals surface area contributed by atoms with Crippen molar-refractivity contribution in [1.29, 1.82) is 0 Å². The van der Waals surface area contributed by atoms with E-state index in [-0.39, 0.29) is 0 Å². The molecule has 92 valence electrons. The third kappa shape index (κ3) is 2.21. The van der Waals surface area contributed by atoms with E-state index in [9.17, 15) is 0 Å². The van der Waals surface area contributed by atoms with Crippen molar-refractivity contribution in [2.75, 3.05) is 11.4 Å². The van der Waals surface area contributed by atoms with Gasteiger partial charge in [0.05, 0.1) is 0 Å². The maximum absolute atomic E-state index is 4.44. The summed E-state index contributed by atoms with van der Waals surface area (Å²) >= 11 is 2.23. The Morgan fingerprint density at radius 3 is 2.72 bits per heavy atom. The average molecular weight is 351 g/mol. The summed E-state index contributed by atoms with van der Waals surface area (Å²) in [5, 5.41) is 0. The highest BCUT2D eigenvalue weighted by atomic mass is 127. The van der Waals surface area contributed by atoms with E-state index in [0.717, 1.165) is 22.5 Å². The zero-order valence-corrected chi connectivity index (χ0v) is 12.3. The second-order valence-electron chi connectivity index (χ2n) is 4.75. The van der Waals surface area contributed by atoms with Gasteiger partial charge in [-0.2, -0.15) is 0 Å². The summed E-state index contributed by atoms with van der Waals surface area (Å²) in [6.07, 6.45) is 4.87. The lowest BCUT2D eigenvalue weighted by molar-refractivity contribution is 0.557. The minimum absolute atomic E-state index is 0.628. The van der Waals surface area contributed by atoms with Crippen LogP contribution in [0.5, 0.6) is 0 Å². The van der Waals surface area contributed by atoms with Gasteiger partial charge in [-0.05, 0) is 46.6 Å². The molecule has 0 spiro atoms. The number of halogens is 1. The lowest BCUT2D eigenvalue weighted by atomic mass is 9.94. The summed E-state index contributed by atoms with van der Waals surface area (Å²) in [7, 11) is 0. The Balaban J connectivity index is 2.04. The van der Waals surface area contributed by atoms with Crippen molar-refractivity contribution < 1.29 is 0 Å². The van der Waals surface area contributed by atoms with Crippen LogP contribution in [-0.2, 0) is 6.42 Å². The van der Waals surface area contributed by atoms with E-state index in [1.807, 2.05) is 12.4 Å². The highest BCUT2D eigenvalue weighted by Gasteiger charge is 2.23. The van der Waals surface area contributed by atoms with Gasteiger partial charge < -0.3 is 4.90 Å². The zero-order chi connectivity index (χ0) is 12.5. The van der Waals surface area contributed by atoms with E-state index in [4.69, 9.17) is 0 Å². The van der Waals surface area contributed by atoms with E-state index < -0.39 is 0 Å². The lowest BCUT2D eigenvalue weighted by Gasteiger charge is -2.33. The van der Waals surface area contributed by atoms with Gasteiger partial charge in [0, 0.05) is 28.2 Å². The SMILES string of the molecule is CC1Cc2ccccc2N(c2ncc(I)cn2)C1. The molecule has 3 nitrogen and oxygen atoms in total. The topological polar surface area (TPSA) is 29.0 Å². The molecule has 1 aromatic heterocycles. The smallest absolute Gasteiger partial charge is 0.229 e. The molecule has 1 aromatic carbocycles. The molecule has 1 aliphatic rings. The summed E-state index contributed by atoms with van der Waals surface area (Å²) in [5.74, 6) is 1.43. The van der Waals surface area contributed by atoms with Crippen LogP contribution in [0, 0.1) is 9.49 Å². The Hall–Kier alpha value is -1.17. The number of benzene rings is 1. The lowest BCUT2D eigenvalue weighted by Crippen LogP contribution is -2.31. The van der Waals surface area contributed by atoms with Gasteiger partial charge in [-0.1, -0.05) is 25.1 Å². The van der Waals surface area contributed by atoms with Gasteiger partial charge >= 0.3 is 0 Å². The number of hydrogen-bond acceptors (Lipinski definition) is 3. The molecule has 0 saturated carbocycles. The second-order valence-corrected chi connectivity index (χ2v) is 6.00. The van der Waals surface area contributed by atoms with Crippen molar-refractivity contribution in [3.63, 3.8) is 0 Å². The van der Waals surface area contributed by atoms with Crippen LogP contribution in [0.3, 0.4) is 0 Å². The van der Waals surface area contributed by atoms with E-state index in [1.54, 1.807) is 0 Å². The molecule has 0 N–H and O–H groups in total. The van der Waals surface area contributed by atoms with Gasteiger partial charge in [-0.3, -0.25) is 0 Å². The van der Waals surface area contributed by atoms with Crippen LogP contribution in [-0.4, -0.2) is 16.5 Å². The number of rotatable bonds is 1. The minimum atomic E-state index is 0.628. The van der Waals surface area contributed by atoms with Crippen molar-refractivity contribution in [3.8, 4) is 0 Å². The van der Waals surface area contributed by atoms with Crippen molar-refractivity contribution in [1.82, 2.24) is 9.97 Å². The molecule has 4 heteroatoms. The normalized spacial score (nSPS) is 18.6. The number of nitrogens with zero attached hydrogens (tertiary/aromatic N) is 3. The van der Waals surface area contributed by atoms with E-state index >= 15 is 0 Å². The maximum Gasteiger partial charge on any atom is 0.229 e. The molecule has 1 unspecified atom stereocenters. The zero-order valence-electron chi connectivity index (χ0n) is 10.2. The fraction of sp³-hybridized carbons (Fsp3) is 0.286. The molecule has 0 aliphatic carbocycles. The molecule has 0 bridgehead atoms. The first-order valence-corrected chi connectivity index (χ1v) is 7.15. The molecule has 0 fully saturated rings. The molecule has 2 heterocycles. The molecule has 0 radical (unpaired) electrons. The number of hydrogen-bond donors (Lipinski definition) is 0. The summed E-state index contributed by atoms with van der Waals surface area (Å²) < 4.78 is 1.06. The molecule has 18 heavy (non-hydrogen) atoms. The largest absolute Gasteiger partial charge is 0.310 e. The van der Waals surface area contributed by atoms with Crippen molar-refractivity contribution in [3.05, 3.63) is 45.8 Å². The minimum Gasteiger partial charge on any atom is -0.310 e. The summed E-state index contributed by atoms with van der Waals surface area (Å²) in [6, 6.07) is 8.53. The van der Waals surface area contributed by atoms with Crippen molar-refractivity contribution >= 4 is 34.2 Å².